The second-order valence-corrected chi connectivity index (χ2v) is 5.93. The number of benzene rings is 2. The summed E-state index contributed by atoms with van der Waals surface area (Å²) in [4.78, 5) is 24.0. The zero-order valence-electron chi connectivity index (χ0n) is 13.0. The number of aromatic amines is 1. The minimum atomic E-state index is -0.306. The molecule has 0 fully saturated rings. The standard InChI is InChI=1S/C19H13ClN4O/c20-13-9-10-21-17(11-13)19(25)22-14-7-5-12(6-8-14)18-23-15-3-1-2-4-16(15)24-18/h1-11H,(H,22,25)(H,23,24). The van der Waals surface area contributed by atoms with E-state index in [0.717, 1.165) is 22.4 Å². The van der Waals surface area contributed by atoms with Crippen LogP contribution in [0.3, 0.4) is 0 Å². The number of anilines is 1. The molecule has 0 aliphatic rings. The molecule has 0 atom stereocenters. The Kier molecular flexibility index (Phi) is 3.91. The van der Waals surface area contributed by atoms with E-state index in [1.165, 1.54) is 12.3 Å². The molecule has 2 N–H and O–H groups in total. The first-order valence-electron chi connectivity index (χ1n) is 7.67. The predicted molar refractivity (Wildman–Crippen MR) is 98.7 cm³/mol. The van der Waals surface area contributed by atoms with Gasteiger partial charge in [-0.3, -0.25) is 9.78 Å². The number of para-hydroxylation sites is 2. The van der Waals surface area contributed by atoms with Gasteiger partial charge in [0.25, 0.3) is 5.91 Å². The molecule has 4 aromatic rings. The molecule has 0 aliphatic heterocycles. The van der Waals surface area contributed by atoms with Crippen LogP contribution in [0.4, 0.5) is 5.69 Å². The quantitative estimate of drug-likeness (QED) is 0.571. The lowest BCUT2D eigenvalue weighted by molar-refractivity contribution is 0.102. The molecule has 122 valence electrons. The lowest BCUT2D eigenvalue weighted by atomic mass is 10.2. The van der Waals surface area contributed by atoms with E-state index >= 15 is 0 Å². The van der Waals surface area contributed by atoms with Gasteiger partial charge in [0.15, 0.2) is 0 Å². The maximum Gasteiger partial charge on any atom is 0.274 e. The van der Waals surface area contributed by atoms with Gasteiger partial charge < -0.3 is 10.3 Å². The van der Waals surface area contributed by atoms with Crippen molar-refractivity contribution in [3.8, 4) is 11.4 Å². The Hall–Kier alpha value is -3.18. The number of carbonyl (C=O) groups is 1. The number of fused-ring (bicyclic) bond motifs is 1. The maximum absolute atomic E-state index is 12.2. The summed E-state index contributed by atoms with van der Waals surface area (Å²) in [5, 5.41) is 3.27. The van der Waals surface area contributed by atoms with Crippen LogP contribution < -0.4 is 5.32 Å². The topological polar surface area (TPSA) is 70.7 Å². The van der Waals surface area contributed by atoms with Crippen molar-refractivity contribution in [1.82, 2.24) is 15.0 Å². The van der Waals surface area contributed by atoms with Crippen molar-refractivity contribution in [1.29, 1.82) is 0 Å². The van der Waals surface area contributed by atoms with Crippen LogP contribution >= 0.6 is 11.6 Å². The number of hydrogen-bond acceptors (Lipinski definition) is 3. The lowest BCUT2D eigenvalue weighted by Gasteiger charge is -2.05. The molecule has 4 rings (SSSR count). The fourth-order valence-corrected chi connectivity index (χ4v) is 2.68. The number of rotatable bonds is 3. The summed E-state index contributed by atoms with van der Waals surface area (Å²) in [5.74, 6) is 0.481. The molecule has 2 heterocycles. The predicted octanol–water partition coefficient (Wildman–Crippen LogP) is 4.53. The second kappa shape index (κ2) is 6.37. The third-order valence-corrected chi connectivity index (χ3v) is 4.00. The molecule has 1 amide bonds. The summed E-state index contributed by atoms with van der Waals surface area (Å²) >= 11 is 5.88. The Morgan fingerprint density at radius 1 is 1.04 bits per heavy atom. The number of H-pyrrole nitrogens is 1. The van der Waals surface area contributed by atoms with E-state index in [1.807, 2.05) is 48.5 Å². The fourth-order valence-electron chi connectivity index (χ4n) is 2.53. The van der Waals surface area contributed by atoms with Gasteiger partial charge in [0.1, 0.15) is 11.5 Å². The van der Waals surface area contributed by atoms with Crippen molar-refractivity contribution in [3.63, 3.8) is 0 Å². The number of amides is 1. The Morgan fingerprint density at radius 3 is 2.60 bits per heavy atom. The van der Waals surface area contributed by atoms with Gasteiger partial charge in [0, 0.05) is 22.5 Å². The first-order chi connectivity index (χ1) is 12.2. The van der Waals surface area contributed by atoms with Gasteiger partial charge in [-0.25, -0.2) is 4.98 Å². The number of aromatic nitrogens is 3. The molecule has 0 aliphatic carbocycles. The van der Waals surface area contributed by atoms with Crippen molar-refractivity contribution >= 4 is 34.2 Å². The average molecular weight is 349 g/mol. The summed E-state index contributed by atoms with van der Waals surface area (Å²) in [7, 11) is 0. The molecule has 2 aromatic heterocycles. The number of hydrogen-bond donors (Lipinski definition) is 2. The van der Waals surface area contributed by atoms with Crippen LogP contribution in [0.5, 0.6) is 0 Å². The molecule has 2 aromatic carbocycles. The van der Waals surface area contributed by atoms with Gasteiger partial charge in [-0.15, -0.1) is 0 Å². The zero-order chi connectivity index (χ0) is 17.2. The number of nitrogens with one attached hydrogen (secondary N) is 2. The highest BCUT2D eigenvalue weighted by molar-refractivity contribution is 6.30. The molecule has 0 unspecified atom stereocenters. The first-order valence-corrected chi connectivity index (χ1v) is 8.05. The summed E-state index contributed by atoms with van der Waals surface area (Å²) in [6.45, 7) is 0. The average Bonchev–Trinajstić information content (AvgIpc) is 3.06. The van der Waals surface area contributed by atoms with Crippen molar-refractivity contribution < 1.29 is 4.79 Å². The maximum atomic E-state index is 12.2. The van der Waals surface area contributed by atoms with E-state index in [1.54, 1.807) is 6.07 Å². The van der Waals surface area contributed by atoms with Crippen LogP contribution in [0.1, 0.15) is 10.5 Å². The van der Waals surface area contributed by atoms with Crippen molar-refractivity contribution in [2.75, 3.05) is 5.32 Å². The molecule has 25 heavy (non-hydrogen) atoms. The number of nitrogens with zero attached hydrogens (tertiary/aromatic N) is 2. The van der Waals surface area contributed by atoms with Gasteiger partial charge in [-0.05, 0) is 48.5 Å². The molecular formula is C19H13ClN4O. The van der Waals surface area contributed by atoms with E-state index in [0.29, 0.717) is 10.7 Å². The summed E-state index contributed by atoms with van der Waals surface area (Å²) in [5.41, 5.74) is 3.79. The fraction of sp³-hybridized carbons (Fsp3) is 0. The van der Waals surface area contributed by atoms with Crippen LogP contribution in [-0.2, 0) is 0 Å². The smallest absolute Gasteiger partial charge is 0.274 e. The summed E-state index contributed by atoms with van der Waals surface area (Å²) in [6.07, 6.45) is 1.50. The molecule has 0 bridgehead atoms. The summed E-state index contributed by atoms with van der Waals surface area (Å²) in [6, 6.07) is 18.5. The van der Waals surface area contributed by atoms with Crippen LogP contribution in [0.15, 0.2) is 66.9 Å². The van der Waals surface area contributed by atoms with Crippen LogP contribution in [-0.4, -0.2) is 20.9 Å². The monoisotopic (exact) mass is 348 g/mol. The van der Waals surface area contributed by atoms with Crippen LogP contribution in [0.25, 0.3) is 22.4 Å². The zero-order valence-corrected chi connectivity index (χ0v) is 13.8. The lowest BCUT2D eigenvalue weighted by Crippen LogP contribution is -2.13. The van der Waals surface area contributed by atoms with Gasteiger partial charge >= 0.3 is 0 Å². The summed E-state index contributed by atoms with van der Waals surface area (Å²) < 4.78 is 0. The van der Waals surface area contributed by atoms with E-state index in [9.17, 15) is 4.79 Å². The highest BCUT2D eigenvalue weighted by Gasteiger charge is 2.09. The number of pyridine rings is 1. The first kappa shape index (κ1) is 15.4. The molecular weight excluding hydrogens is 336 g/mol. The van der Waals surface area contributed by atoms with Gasteiger partial charge in [-0.1, -0.05) is 23.7 Å². The Labute approximate surface area is 148 Å². The molecule has 0 radical (unpaired) electrons. The normalized spacial score (nSPS) is 10.8. The van der Waals surface area contributed by atoms with E-state index in [2.05, 4.69) is 20.3 Å². The molecule has 5 nitrogen and oxygen atoms in total. The second-order valence-electron chi connectivity index (χ2n) is 5.49. The highest BCUT2D eigenvalue weighted by Crippen LogP contribution is 2.22. The number of imidazole rings is 1. The van der Waals surface area contributed by atoms with Gasteiger partial charge in [0.2, 0.25) is 0 Å². The van der Waals surface area contributed by atoms with Crippen molar-refractivity contribution in [2.24, 2.45) is 0 Å². The molecule has 0 saturated heterocycles. The van der Waals surface area contributed by atoms with Gasteiger partial charge in [-0.2, -0.15) is 0 Å². The number of halogens is 1. The van der Waals surface area contributed by atoms with Crippen molar-refractivity contribution in [3.05, 3.63) is 77.6 Å². The van der Waals surface area contributed by atoms with E-state index < -0.39 is 0 Å². The van der Waals surface area contributed by atoms with Gasteiger partial charge in [0.05, 0.1) is 11.0 Å². The Morgan fingerprint density at radius 2 is 1.84 bits per heavy atom. The minimum absolute atomic E-state index is 0.272. The van der Waals surface area contributed by atoms with E-state index in [-0.39, 0.29) is 11.6 Å². The van der Waals surface area contributed by atoms with Crippen LogP contribution in [0, 0.1) is 0 Å². The third kappa shape index (κ3) is 3.22. The highest BCUT2D eigenvalue weighted by atomic mass is 35.5. The number of carbonyl (C=O) groups excluding carboxylic acids is 1. The Balaban J connectivity index is 1.54. The third-order valence-electron chi connectivity index (χ3n) is 3.76. The Bertz CT molecular complexity index is 1020. The van der Waals surface area contributed by atoms with E-state index in [4.69, 9.17) is 11.6 Å². The molecule has 0 saturated carbocycles. The SMILES string of the molecule is O=C(Nc1ccc(-c2nc3ccccc3[nH]2)cc1)c1cc(Cl)ccn1. The van der Waals surface area contributed by atoms with Crippen LogP contribution in [0.2, 0.25) is 5.02 Å². The molecule has 0 spiro atoms. The largest absolute Gasteiger partial charge is 0.338 e. The van der Waals surface area contributed by atoms with Crippen molar-refractivity contribution in [2.45, 2.75) is 0 Å². The minimum Gasteiger partial charge on any atom is -0.338 e. The molecule has 6 heteroatoms.